The second-order valence-electron chi connectivity index (χ2n) is 5.50. The third kappa shape index (κ3) is 3.05. The summed E-state index contributed by atoms with van der Waals surface area (Å²) in [7, 11) is 0. The molecule has 0 aliphatic carbocycles. The Bertz CT molecular complexity index is 650. The van der Waals surface area contributed by atoms with Gasteiger partial charge in [-0.25, -0.2) is 9.37 Å². The molecule has 3 rings (SSSR count). The summed E-state index contributed by atoms with van der Waals surface area (Å²) in [6.07, 6.45) is 3.38. The minimum absolute atomic E-state index is 0.0601. The van der Waals surface area contributed by atoms with Crippen LogP contribution in [0.1, 0.15) is 24.3 Å². The summed E-state index contributed by atoms with van der Waals surface area (Å²) in [6, 6.07) is 9.98. The first-order chi connectivity index (χ1) is 10.6. The van der Waals surface area contributed by atoms with E-state index in [-0.39, 0.29) is 11.5 Å². The van der Waals surface area contributed by atoms with Crippen molar-refractivity contribution in [2.75, 3.05) is 18.0 Å². The smallest absolute Gasteiger partial charge is 0.262 e. The van der Waals surface area contributed by atoms with Crippen molar-refractivity contribution in [2.24, 2.45) is 0 Å². The number of aromatic nitrogens is 1. The minimum atomic E-state index is -0.416. The average Bonchev–Trinajstić information content (AvgIpc) is 2.56. The van der Waals surface area contributed by atoms with Crippen molar-refractivity contribution in [3.63, 3.8) is 0 Å². The van der Waals surface area contributed by atoms with Gasteiger partial charge in [-0.2, -0.15) is 0 Å². The van der Waals surface area contributed by atoms with Crippen molar-refractivity contribution in [1.82, 2.24) is 0 Å². The quantitative estimate of drug-likeness (QED) is 0.647. The van der Waals surface area contributed by atoms with E-state index in [2.05, 4.69) is 9.88 Å². The van der Waals surface area contributed by atoms with E-state index in [1.54, 1.807) is 6.07 Å². The molecule has 2 aromatic rings. The number of rotatable bonds is 3. The number of piperidine rings is 1. The number of aromatic amines is 1. The highest BCUT2D eigenvalue weighted by Gasteiger charge is 2.26. The number of pyridine rings is 1. The molecule has 1 fully saturated rings. The molecule has 0 bridgehead atoms. The van der Waals surface area contributed by atoms with Crippen LogP contribution in [0, 0.1) is 15.9 Å². The molecule has 0 amide bonds. The molecular weight excluding hydrogens is 285 g/mol. The van der Waals surface area contributed by atoms with E-state index in [0.29, 0.717) is 5.92 Å². The molecule has 6 heteroatoms. The third-order valence-electron chi connectivity index (χ3n) is 4.17. The van der Waals surface area contributed by atoms with Crippen LogP contribution in [0.3, 0.4) is 0 Å². The van der Waals surface area contributed by atoms with Gasteiger partial charge in [0.05, 0.1) is 18.0 Å². The Kier molecular flexibility index (Phi) is 4.00. The zero-order valence-corrected chi connectivity index (χ0v) is 12.0. The summed E-state index contributed by atoms with van der Waals surface area (Å²) in [4.78, 5) is 15.4. The predicted molar refractivity (Wildman–Crippen MR) is 80.2 cm³/mol. The molecule has 1 aromatic heterocycles. The summed E-state index contributed by atoms with van der Waals surface area (Å²) in [6.45, 7) is 1.74. The Morgan fingerprint density at radius 3 is 2.36 bits per heavy atom. The van der Waals surface area contributed by atoms with Gasteiger partial charge in [0.1, 0.15) is 5.82 Å². The maximum atomic E-state index is 13.0. The highest BCUT2D eigenvalue weighted by atomic mass is 19.1. The summed E-state index contributed by atoms with van der Waals surface area (Å²) in [5.41, 5.74) is 1.23. The standard InChI is InChI=1S/C16H16FN3O2/c17-14-3-1-12(2-4-14)13-7-9-19(10-8-13)16-6-5-15(11-18-16)20(21)22/h1-6,11,13H,7-10H2/p+1. The van der Waals surface area contributed by atoms with Crippen LogP contribution < -0.4 is 9.88 Å². The van der Waals surface area contributed by atoms with E-state index in [1.807, 2.05) is 12.1 Å². The van der Waals surface area contributed by atoms with Crippen molar-refractivity contribution in [1.29, 1.82) is 0 Å². The topological polar surface area (TPSA) is 60.5 Å². The van der Waals surface area contributed by atoms with Crippen molar-refractivity contribution in [3.05, 3.63) is 64.1 Å². The lowest BCUT2D eigenvalue weighted by atomic mass is 9.89. The Labute approximate surface area is 127 Å². The Morgan fingerprint density at radius 2 is 1.82 bits per heavy atom. The number of hydrogen-bond acceptors (Lipinski definition) is 3. The fourth-order valence-electron chi connectivity index (χ4n) is 2.91. The second kappa shape index (κ2) is 6.09. The van der Waals surface area contributed by atoms with Crippen LogP contribution in [0.4, 0.5) is 15.9 Å². The number of nitrogens with one attached hydrogen (secondary N) is 1. The van der Waals surface area contributed by atoms with Gasteiger partial charge < -0.3 is 0 Å². The molecular formula is C16H17FN3O2+. The van der Waals surface area contributed by atoms with Crippen molar-refractivity contribution in [3.8, 4) is 0 Å². The van der Waals surface area contributed by atoms with Gasteiger partial charge in [0, 0.05) is 12.1 Å². The van der Waals surface area contributed by atoms with E-state index in [9.17, 15) is 14.5 Å². The molecule has 0 atom stereocenters. The average molecular weight is 302 g/mol. The highest BCUT2D eigenvalue weighted by Crippen LogP contribution is 2.29. The number of halogens is 1. The molecule has 1 N–H and O–H groups in total. The van der Waals surface area contributed by atoms with Crippen LogP contribution in [0.5, 0.6) is 0 Å². The van der Waals surface area contributed by atoms with E-state index in [4.69, 9.17) is 0 Å². The first kappa shape index (κ1) is 14.4. The summed E-state index contributed by atoms with van der Waals surface area (Å²) in [5, 5.41) is 10.7. The van der Waals surface area contributed by atoms with Gasteiger partial charge in [0.25, 0.3) is 5.82 Å². The SMILES string of the molecule is O=[N+]([O-])c1ccc(N2CCC(c3ccc(F)cc3)CC2)[nH+]c1. The van der Waals surface area contributed by atoms with Crippen LogP contribution in [0.2, 0.25) is 0 Å². The molecule has 1 aliphatic rings. The lowest BCUT2D eigenvalue weighted by Crippen LogP contribution is -2.36. The molecule has 0 spiro atoms. The van der Waals surface area contributed by atoms with E-state index in [0.717, 1.165) is 31.7 Å². The van der Waals surface area contributed by atoms with Gasteiger partial charge in [0.15, 0.2) is 6.20 Å². The summed E-state index contributed by atoms with van der Waals surface area (Å²) in [5.74, 6) is 1.12. The maximum Gasteiger partial charge on any atom is 0.308 e. The first-order valence-electron chi connectivity index (χ1n) is 7.30. The van der Waals surface area contributed by atoms with Gasteiger partial charge >= 0.3 is 5.69 Å². The van der Waals surface area contributed by atoms with Crippen LogP contribution >= 0.6 is 0 Å². The van der Waals surface area contributed by atoms with Gasteiger partial charge in [-0.05, 0) is 36.5 Å². The zero-order valence-electron chi connectivity index (χ0n) is 12.0. The molecule has 1 saturated heterocycles. The van der Waals surface area contributed by atoms with Crippen molar-refractivity contribution >= 4 is 11.5 Å². The van der Waals surface area contributed by atoms with Gasteiger partial charge in [-0.1, -0.05) is 12.1 Å². The third-order valence-corrected chi connectivity index (χ3v) is 4.17. The van der Waals surface area contributed by atoms with E-state index < -0.39 is 4.92 Å². The number of hydrogen-bond donors (Lipinski definition) is 0. The molecule has 0 saturated carbocycles. The Balaban J connectivity index is 1.63. The molecule has 5 nitrogen and oxygen atoms in total. The Morgan fingerprint density at radius 1 is 1.14 bits per heavy atom. The number of nitrogens with zero attached hydrogens (tertiary/aromatic N) is 2. The van der Waals surface area contributed by atoms with Crippen LogP contribution in [0.15, 0.2) is 42.6 Å². The molecule has 1 aromatic carbocycles. The lowest BCUT2D eigenvalue weighted by molar-refractivity contribution is -0.414. The normalized spacial score (nSPS) is 15.8. The molecule has 0 radical (unpaired) electrons. The highest BCUT2D eigenvalue weighted by molar-refractivity contribution is 5.38. The van der Waals surface area contributed by atoms with Crippen molar-refractivity contribution < 1.29 is 14.3 Å². The maximum absolute atomic E-state index is 13.0. The van der Waals surface area contributed by atoms with Gasteiger partial charge in [-0.3, -0.25) is 15.0 Å². The van der Waals surface area contributed by atoms with Crippen molar-refractivity contribution in [2.45, 2.75) is 18.8 Å². The van der Waals surface area contributed by atoms with Crippen LogP contribution in [-0.2, 0) is 0 Å². The monoisotopic (exact) mass is 302 g/mol. The summed E-state index contributed by atoms with van der Waals surface area (Å²) >= 11 is 0. The lowest BCUT2D eigenvalue weighted by Gasteiger charge is -2.27. The molecule has 0 unspecified atom stereocenters. The van der Waals surface area contributed by atoms with Crippen LogP contribution in [-0.4, -0.2) is 18.0 Å². The zero-order chi connectivity index (χ0) is 15.5. The van der Waals surface area contributed by atoms with Gasteiger partial charge in [0.2, 0.25) is 0 Å². The molecule has 2 heterocycles. The number of benzene rings is 1. The summed E-state index contributed by atoms with van der Waals surface area (Å²) < 4.78 is 13.0. The number of nitro groups is 1. The fraction of sp³-hybridized carbons (Fsp3) is 0.312. The number of anilines is 1. The van der Waals surface area contributed by atoms with Crippen LogP contribution in [0.25, 0.3) is 0 Å². The van der Waals surface area contributed by atoms with E-state index in [1.165, 1.54) is 30.0 Å². The van der Waals surface area contributed by atoms with Gasteiger partial charge in [-0.15, -0.1) is 0 Å². The minimum Gasteiger partial charge on any atom is -0.262 e. The van der Waals surface area contributed by atoms with E-state index >= 15 is 0 Å². The first-order valence-corrected chi connectivity index (χ1v) is 7.30. The predicted octanol–water partition coefficient (Wildman–Crippen LogP) is 2.93. The molecule has 1 aliphatic heterocycles. The molecule has 114 valence electrons. The Hall–Kier alpha value is -2.50. The molecule has 22 heavy (non-hydrogen) atoms. The fourth-order valence-corrected chi connectivity index (χ4v) is 2.91. The number of H-pyrrole nitrogens is 1. The largest absolute Gasteiger partial charge is 0.308 e. The second-order valence-corrected chi connectivity index (χ2v) is 5.50.